The first kappa shape index (κ1) is 13.6. The van der Waals surface area contributed by atoms with Crippen molar-refractivity contribution in [2.75, 3.05) is 0 Å². The number of hydrogen-bond acceptors (Lipinski definition) is 7. The Morgan fingerprint density at radius 3 is 2.50 bits per heavy atom. The van der Waals surface area contributed by atoms with Gasteiger partial charge in [0.1, 0.15) is 11.3 Å². The summed E-state index contributed by atoms with van der Waals surface area (Å²) in [5.41, 5.74) is -0.0563. The molecule has 1 rings (SSSR count). The van der Waals surface area contributed by atoms with Gasteiger partial charge >= 0.3 is 5.97 Å². The maximum atomic E-state index is 11.0. The van der Waals surface area contributed by atoms with E-state index in [-0.39, 0.29) is 22.7 Å². The zero-order valence-corrected chi connectivity index (χ0v) is 10.2. The van der Waals surface area contributed by atoms with Crippen LogP contribution in [0.4, 0.5) is 11.4 Å². The van der Waals surface area contributed by atoms with E-state index >= 15 is 0 Å². The van der Waals surface area contributed by atoms with Gasteiger partial charge in [-0.05, 0) is 36.6 Å². The highest BCUT2D eigenvalue weighted by atomic mass is 32.1. The molecule has 0 aliphatic carbocycles. The Bertz CT molecular complexity index is 615. The Balaban J connectivity index is 3.64. The van der Waals surface area contributed by atoms with Crippen LogP contribution in [0.15, 0.2) is 22.1 Å². The number of rotatable bonds is 4. The molecule has 1 aromatic rings. The Morgan fingerprint density at radius 2 is 2.00 bits per heavy atom. The summed E-state index contributed by atoms with van der Waals surface area (Å²) in [7, 11) is 0. The van der Waals surface area contributed by atoms with Crippen molar-refractivity contribution in [1.82, 2.24) is 0 Å². The van der Waals surface area contributed by atoms with Crippen molar-refractivity contribution >= 4 is 52.1 Å². The molecular formula is C10H3N3O3S2. The van der Waals surface area contributed by atoms with E-state index in [9.17, 15) is 4.79 Å². The molecular weight excluding hydrogens is 274 g/mol. The lowest BCUT2D eigenvalue weighted by atomic mass is 10.1. The summed E-state index contributed by atoms with van der Waals surface area (Å²) in [5, 5.41) is 21.6. The molecule has 0 aliphatic heterocycles. The molecule has 0 radical (unpaired) electrons. The molecule has 1 N–H and O–H groups in total. The quantitative estimate of drug-likeness (QED) is 0.516. The Morgan fingerprint density at radius 1 is 1.33 bits per heavy atom. The predicted molar refractivity (Wildman–Crippen MR) is 69.0 cm³/mol. The van der Waals surface area contributed by atoms with Crippen LogP contribution < -0.4 is 4.74 Å². The number of aromatic carboxylic acids is 1. The first-order valence-corrected chi connectivity index (χ1v) is 5.08. The van der Waals surface area contributed by atoms with E-state index < -0.39 is 5.97 Å². The van der Waals surface area contributed by atoms with Crippen LogP contribution >= 0.6 is 24.4 Å². The molecule has 0 bridgehead atoms. The van der Waals surface area contributed by atoms with Gasteiger partial charge in [-0.1, -0.05) is 0 Å². The highest BCUT2D eigenvalue weighted by molar-refractivity contribution is 7.78. The number of carbonyl (C=O) groups is 1. The normalized spacial score (nSPS) is 8.39. The zero-order chi connectivity index (χ0) is 13.5. The summed E-state index contributed by atoms with van der Waals surface area (Å²) in [6.07, 6.45) is 1.38. The van der Waals surface area contributed by atoms with E-state index in [1.54, 1.807) is 0 Å². The number of hydrogen-bond donors (Lipinski definition) is 1. The average Bonchev–Trinajstić information content (AvgIpc) is 2.32. The first-order chi connectivity index (χ1) is 8.63. The highest BCUT2D eigenvalue weighted by Gasteiger charge is 2.18. The molecule has 0 unspecified atom stereocenters. The molecule has 0 saturated heterocycles. The van der Waals surface area contributed by atoms with Gasteiger partial charge in [-0.3, -0.25) is 0 Å². The van der Waals surface area contributed by atoms with E-state index in [0.29, 0.717) is 0 Å². The van der Waals surface area contributed by atoms with Gasteiger partial charge in [-0.2, -0.15) is 9.98 Å². The molecule has 0 saturated carbocycles. The largest absolute Gasteiger partial charge is 0.478 e. The second-order valence-electron chi connectivity index (χ2n) is 2.75. The van der Waals surface area contributed by atoms with Crippen LogP contribution in [0, 0.1) is 11.5 Å². The Hall–Kier alpha value is -2.42. The van der Waals surface area contributed by atoms with Gasteiger partial charge in [0.25, 0.3) is 6.26 Å². The van der Waals surface area contributed by atoms with E-state index in [0.717, 1.165) is 0 Å². The summed E-state index contributed by atoms with van der Waals surface area (Å²) < 4.78 is 4.57. The SMILES string of the molecule is N#COc1c(N=C=S)cc(N=C=S)cc1C(=O)O. The zero-order valence-electron chi connectivity index (χ0n) is 8.58. The molecule has 0 atom stereocenters. The van der Waals surface area contributed by atoms with Gasteiger partial charge in [0.05, 0.1) is 16.0 Å². The molecule has 0 spiro atoms. The third-order valence-corrected chi connectivity index (χ3v) is 1.96. The van der Waals surface area contributed by atoms with Crippen molar-refractivity contribution in [2.24, 2.45) is 9.98 Å². The summed E-state index contributed by atoms with van der Waals surface area (Å²) in [6.45, 7) is 0. The fourth-order valence-corrected chi connectivity index (χ4v) is 1.36. The van der Waals surface area contributed by atoms with Gasteiger partial charge in [0, 0.05) is 0 Å². The smallest absolute Gasteiger partial charge is 0.339 e. The molecule has 1 aromatic carbocycles. The lowest BCUT2D eigenvalue weighted by Crippen LogP contribution is -2.00. The van der Waals surface area contributed by atoms with Crippen LogP contribution in [0.5, 0.6) is 5.75 Å². The van der Waals surface area contributed by atoms with Gasteiger partial charge < -0.3 is 9.84 Å². The van der Waals surface area contributed by atoms with Crippen molar-refractivity contribution in [3.05, 3.63) is 17.7 Å². The van der Waals surface area contributed by atoms with E-state index in [4.69, 9.17) is 10.4 Å². The number of isothiocyanates is 2. The second kappa shape index (κ2) is 6.35. The molecule has 18 heavy (non-hydrogen) atoms. The van der Waals surface area contributed by atoms with Crippen LogP contribution in [0.1, 0.15) is 10.4 Å². The topological polar surface area (TPSA) is 95.0 Å². The monoisotopic (exact) mass is 277 g/mol. The van der Waals surface area contributed by atoms with Gasteiger partial charge in [-0.25, -0.2) is 4.79 Å². The minimum atomic E-state index is -1.30. The molecule has 0 heterocycles. The fraction of sp³-hybridized carbons (Fsp3) is 0. The summed E-state index contributed by atoms with van der Waals surface area (Å²) in [6, 6.07) is 2.52. The standard InChI is InChI=1S/C10H3N3O3S2/c11-3-16-9-7(10(14)15)1-6(12-4-17)2-8(9)13-5-18/h1-2H,(H,14,15). The third kappa shape index (κ3) is 3.04. The van der Waals surface area contributed by atoms with Gasteiger partial charge in [0.15, 0.2) is 5.75 Å². The van der Waals surface area contributed by atoms with Crippen LogP contribution in [-0.2, 0) is 0 Å². The first-order valence-electron chi connectivity index (χ1n) is 4.27. The van der Waals surface area contributed by atoms with Crippen LogP contribution in [0.2, 0.25) is 0 Å². The molecule has 8 heteroatoms. The number of carboxylic acid groups (broad SMARTS) is 1. The maximum absolute atomic E-state index is 11.0. The molecule has 0 fully saturated rings. The van der Waals surface area contributed by atoms with E-state index in [1.807, 2.05) is 0 Å². The lowest BCUT2D eigenvalue weighted by molar-refractivity contribution is 0.0694. The summed E-state index contributed by atoms with van der Waals surface area (Å²) in [5.74, 6) is -1.53. The Kier molecular flexibility index (Phi) is 4.81. The number of nitrogens with zero attached hydrogens (tertiary/aromatic N) is 3. The molecule has 0 amide bonds. The minimum absolute atomic E-state index is 0.0236. The Labute approximate surface area is 112 Å². The van der Waals surface area contributed by atoms with Crippen LogP contribution in [0.3, 0.4) is 0 Å². The number of benzene rings is 1. The van der Waals surface area contributed by atoms with E-state index in [1.165, 1.54) is 18.4 Å². The third-order valence-electron chi connectivity index (χ3n) is 1.77. The van der Waals surface area contributed by atoms with Crippen molar-refractivity contribution in [3.8, 4) is 12.0 Å². The molecule has 88 valence electrons. The maximum Gasteiger partial charge on any atom is 0.339 e. The van der Waals surface area contributed by atoms with Crippen molar-refractivity contribution in [3.63, 3.8) is 0 Å². The van der Waals surface area contributed by atoms with Crippen molar-refractivity contribution in [2.45, 2.75) is 0 Å². The van der Waals surface area contributed by atoms with Crippen molar-refractivity contribution < 1.29 is 14.6 Å². The number of aliphatic imine (C=N–C) groups is 2. The summed E-state index contributed by atoms with van der Waals surface area (Å²) >= 11 is 8.85. The summed E-state index contributed by atoms with van der Waals surface area (Å²) in [4.78, 5) is 18.3. The number of carboxylic acids is 1. The van der Waals surface area contributed by atoms with Crippen LogP contribution in [0.25, 0.3) is 0 Å². The molecule has 0 aromatic heterocycles. The van der Waals surface area contributed by atoms with E-state index in [2.05, 4.69) is 49.5 Å². The van der Waals surface area contributed by atoms with Gasteiger partial charge in [0.2, 0.25) is 0 Å². The fourth-order valence-electron chi connectivity index (χ4n) is 1.16. The van der Waals surface area contributed by atoms with Gasteiger partial charge in [-0.15, -0.1) is 5.26 Å². The average molecular weight is 277 g/mol. The predicted octanol–water partition coefficient (Wildman–Crippen LogP) is 2.71. The lowest BCUT2D eigenvalue weighted by Gasteiger charge is -2.05. The number of ether oxygens (including phenoxy) is 1. The molecule has 0 aliphatic rings. The minimum Gasteiger partial charge on any atom is -0.478 e. The number of thiocarbonyl (C=S) groups is 2. The second-order valence-corrected chi connectivity index (χ2v) is 3.11. The highest BCUT2D eigenvalue weighted by Crippen LogP contribution is 2.35. The number of nitriles is 1. The van der Waals surface area contributed by atoms with Crippen molar-refractivity contribution in [1.29, 1.82) is 5.26 Å². The van der Waals surface area contributed by atoms with Crippen LogP contribution in [-0.4, -0.2) is 21.4 Å². The molecule has 6 nitrogen and oxygen atoms in total.